The standard InChI is InChI=1S/C13H25N3OS/c1-15-6-3-12(4-7-15)16(2)13(17)9-11-10-18-8-5-14-11/h11-12,14H,3-10H2,1-2H3. The van der Waals surface area contributed by atoms with Crippen LogP contribution in [0.15, 0.2) is 0 Å². The van der Waals surface area contributed by atoms with E-state index in [0.29, 0.717) is 24.4 Å². The van der Waals surface area contributed by atoms with Gasteiger partial charge in [0, 0.05) is 43.6 Å². The molecule has 0 saturated carbocycles. The van der Waals surface area contributed by atoms with E-state index < -0.39 is 0 Å². The first kappa shape index (κ1) is 14.2. The lowest BCUT2D eigenvalue weighted by atomic mass is 10.0. The molecular formula is C13H25N3OS. The Balaban J connectivity index is 1.77. The molecule has 1 N–H and O–H groups in total. The zero-order valence-corrected chi connectivity index (χ0v) is 12.3. The summed E-state index contributed by atoms with van der Waals surface area (Å²) >= 11 is 1.95. The first-order chi connectivity index (χ1) is 8.66. The zero-order valence-electron chi connectivity index (χ0n) is 11.5. The normalized spacial score (nSPS) is 27.1. The van der Waals surface area contributed by atoms with E-state index in [-0.39, 0.29) is 0 Å². The van der Waals surface area contributed by atoms with E-state index in [4.69, 9.17) is 0 Å². The highest BCUT2D eigenvalue weighted by atomic mass is 32.2. The summed E-state index contributed by atoms with van der Waals surface area (Å²) in [6.45, 7) is 3.26. The topological polar surface area (TPSA) is 35.6 Å². The molecule has 0 aromatic carbocycles. The van der Waals surface area contributed by atoms with Gasteiger partial charge in [0.25, 0.3) is 0 Å². The Morgan fingerprint density at radius 2 is 2.17 bits per heavy atom. The number of rotatable bonds is 3. The van der Waals surface area contributed by atoms with Crippen molar-refractivity contribution in [2.24, 2.45) is 0 Å². The van der Waals surface area contributed by atoms with Crippen molar-refractivity contribution < 1.29 is 4.79 Å². The van der Waals surface area contributed by atoms with Crippen LogP contribution in [0.5, 0.6) is 0 Å². The maximum Gasteiger partial charge on any atom is 0.224 e. The van der Waals surface area contributed by atoms with Crippen LogP contribution in [-0.4, -0.2) is 73.0 Å². The molecule has 2 heterocycles. The van der Waals surface area contributed by atoms with Crippen molar-refractivity contribution in [3.63, 3.8) is 0 Å². The van der Waals surface area contributed by atoms with Gasteiger partial charge >= 0.3 is 0 Å². The number of carbonyl (C=O) groups excluding carboxylic acids is 1. The van der Waals surface area contributed by atoms with Crippen LogP contribution in [0.3, 0.4) is 0 Å². The summed E-state index contributed by atoms with van der Waals surface area (Å²) < 4.78 is 0. The van der Waals surface area contributed by atoms with Gasteiger partial charge in [-0.2, -0.15) is 11.8 Å². The second-order valence-electron chi connectivity index (χ2n) is 5.47. The molecule has 2 saturated heterocycles. The van der Waals surface area contributed by atoms with Gasteiger partial charge in [0.15, 0.2) is 0 Å². The van der Waals surface area contributed by atoms with E-state index in [2.05, 4.69) is 17.3 Å². The quantitative estimate of drug-likeness (QED) is 0.817. The van der Waals surface area contributed by atoms with Crippen LogP contribution in [0.25, 0.3) is 0 Å². The number of nitrogens with one attached hydrogen (secondary N) is 1. The van der Waals surface area contributed by atoms with Crippen LogP contribution in [0.4, 0.5) is 0 Å². The second-order valence-corrected chi connectivity index (χ2v) is 6.62. The summed E-state index contributed by atoms with van der Waals surface area (Å²) in [6.07, 6.45) is 2.90. The Bertz CT molecular complexity index is 273. The Hall–Kier alpha value is -0.260. The molecule has 4 nitrogen and oxygen atoms in total. The average molecular weight is 271 g/mol. The van der Waals surface area contributed by atoms with Gasteiger partial charge in [-0.15, -0.1) is 0 Å². The molecule has 2 aliphatic heterocycles. The summed E-state index contributed by atoms with van der Waals surface area (Å²) in [5.41, 5.74) is 0. The molecule has 2 rings (SSSR count). The van der Waals surface area contributed by atoms with Crippen molar-refractivity contribution in [3.05, 3.63) is 0 Å². The summed E-state index contributed by atoms with van der Waals surface area (Å²) in [5.74, 6) is 2.56. The van der Waals surface area contributed by atoms with E-state index in [0.717, 1.165) is 38.2 Å². The van der Waals surface area contributed by atoms with Gasteiger partial charge in [-0.3, -0.25) is 4.79 Å². The highest BCUT2D eigenvalue weighted by Crippen LogP contribution is 2.17. The van der Waals surface area contributed by atoms with Gasteiger partial charge in [-0.05, 0) is 33.0 Å². The minimum atomic E-state index is 0.310. The molecule has 5 heteroatoms. The SMILES string of the molecule is CN1CCC(N(C)C(=O)CC2CSCCN2)CC1. The predicted molar refractivity (Wildman–Crippen MR) is 77.0 cm³/mol. The van der Waals surface area contributed by atoms with E-state index in [1.165, 1.54) is 5.75 Å². The van der Waals surface area contributed by atoms with Gasteiger partial charge < -0.3 is 15.1 Å². The molecule has 18 heavy (non-hydrogen) atoms. The highest BCUT2D eigenvalue weighted by molar-refractivity contribution is 7.99. The molecule has 0 spiro atoms. The molecule has 0 bridgehead atoms. The summed E-state index contributed by atoms with van der Waals surface area (Å²) in [6, 6.07) is 0.829. The van der Waals surface area contributed by atoms with Crippen molar-refractivity contribution in [2.75, 3.05) is 45.2 Å². The van der Waals surface area contributed by atoms with Crippen LogP contribution < -0.4 is 5.32 Å². The Morgan fingerprint density at radius 3 is 2.78 bits per heavy atom. The molecule has 1 amide bonds. The molecule has 1 unspecified atom stereocenters. The number of nitrogens with zero attached hydrogens (tertiary/aromatic N) is 2. The van der Waals surface area contributed by atoms with Gasteiger partial charge in [-0.25, -0.2) is 0 Å². The molecule has 2 aliphatic rings. The minimum absolute atomic E-state index is 0.310. The summed E-state index contributed by atoms with van der Waals surface area (Å²) in [4.78, 5) is 16.6. The van der Waals surface area contributed by atoms with Gasteiger partial charge in [0.1, 0.15) is 0 Å². The van der Waals surface area contributed by atoms with Crippen molar-refractivity contribution in [2.45, 2.75) is 31.3 Å². The lowest BCUT2D eigenvalue weighted by molar-refractivity contribution is -0.133. The van der Waals surface area contributed by atoms with Crippen molar-refractivity contribution in [3.8, 4) is 0 Å². The highest BCUT2D eigenvalue weighted by Gasteiger charge is 2.26. The third-order valence-electron chi connectivity index (χ3n) is 4.05. The fourth-order valence-corrected chi connectivity index (χ4v) is 3.64. The number of piperidine rings is 1. The third-order valence-corrected chi connectivity index (χ3v) is 5.18. The van der Waals surface area contributed by atoms with Crippen LogP contribution in [0, 0.1) is 0 Å². The predicted octanol–water partition coefficient (Wildman–Crippen LogP) is 0.634. The molecule has 0 aromatic rings. The van der Waals surface area contributed by atoms with E-state index >= 15 is 0 Å². The minimum Gasteiger partial charge on any atom is -0.343 e. The Kier molecular flexibility index (Phi) is 5.33. The van der Waals surface area contributed by atoms with E-state index in [9.17, 15) is 4.79 Å². The monoisotopic (exact) mass is 271 g/mol. The lowest BCUT2D eigenvalue weighted by Crippen LogP contribution is -2.47. The maximum absolute atomic E-state index is 12.3. The Labute approximate surface area is 114 Å². The second kappa shape index (κ2) is 6.78. The molecule has 0 radical (unpaired) electrons. The van der Waals surface area contributed by atoms with Crippen LogP contribution in [-0.2, 0) is 4.79 Å². The lowest BCUT2D eigenvalue weighted by Gasteiger charge is -2.36. The van der Waals surface area contributed by atoms with Gasteiger partial charge in [0.05, 0.1) is 0 Å². The largest absolute Gasteiger partial charge is 0.343 e. The molecule has 0 aliphatic carbocycles. The fraction of sp³-hybridized carbons (Fsp3) is 0.923. The molecule has 0 aromatic heterocycles. The maximum atomic E-state index is 12.3. The van der Waals surface area contributed by atoms with Crippen molar-refractivity contribution in [1.29, 1.82) is 0 Å². The first-order valence-electron chi connectivity index (χ1n) is 6.92. The number of amides is 1. The average Bonchev–Trinajstić information content (AvgIpc) is 2.40. The van der Waals surface area contributed by atoms with E-state index in [1.54, 1.807) is 0 Å². The molecular weight excluding hydrogens is 246 g/mol. The molecule has 1 atom stereocenters. The number of hydrogen-bond acceptors (Lipinski definition) is 4. The van der Waals surface area contributed by atoms with Crippen molar-refractivity contribution >= 4 is 17.7 Å². The number of carbonyl (C=O) groups is 1. The fourth-order valence-electron chi connectivity index (χ4n) is 2.69. The number of thioether (sulfide) groups is 1. The molecule has 2 fully saturated rings. The smallest absolute Gasteiger partial charge is 0.224 e. The van der Waals surface area contributed by atoms with Crippen molar-refractivity contribution in [1.82, 2.24) is 15.1 Å². The summed E-state index contributed by atoms with van der Waals surface area (Å²) in [7, 11) is 4.13. The molecule has 104 valence electrons. The Morgan fingerprint density at radius 1 is 1.44 bits per heavy atom. The van der Waals surface area contributed by atoms with Gasteiger partial charge in [0.2, 0.25) is 5.91 Å². The number of hydrogen-bond donors (Lipinski definition) is 1. The van der Waals surface area contributed by atoms with Crippen LogP contribution in [0.1, 0.15) is 19.3 Å². The van der Waals surface area contributed by atoms with Crippen LogP contribution >= 0.6 is 11.8 Å². The van der Waals surface area contributed by atoms with Gasteiger partial charge in [-0.1, -0.05) is 0 Å². The number of likely N-dealkylation sites (tertiary alicyclic amines) is 1. The summed E-state index contributed by atoms with van der Waals surface area (Å²) in [5, 5.41) is 3.44. The van der Waals surface area contributed by atoms with E-state index in [1.807, 2.05) is 23.7 Å². The zero-order chi connectivity index (χ0) is 13.0. The third kappa shape index (κ3) is 3.87. The first-order valence-corrected chi connectivity index (χ1v) is 8.07. The van der Waals surface area contributed by atoms with Crippen LogP contribution in [0.2, 0.25) is 0 Å².